The predicted molar refractivity (Wildman–Crippen MR) is 62.4 cm³/mol. The van der Waals surface area contributed by atoms with Crippen LogP contribution >= 0.6 is 0 Å². The van der Waals surface area contributed by atoms with Crippen molar-refractivity contribution >= 4 is 0 Å². The summed E-state index contributed by atoms with van der Waals surface area (Å²) in [7, 11) is 0. The molecule has 0 radical (unpaired) electrons. The highest BCUT2D eigenvalue weighted by Gasteiger charge is 2.27. The quantitative estimate of drug-likeness (QED) is 0.728. The van der Waals surface area contributed by atoms with Gasteiger partial charge in [0.05, 0.1) is 0 Å². The molecule has 0 aromatic heterocycles. The molecule has 1 aliphatic carbocycles. The van der Waals surface area contributed by atoms with E-state index < -0.39 is 0 Å². The molecular formula is C12H26N2. The Morgan fingerprint density at radius 2 is 1.64 bits per heavy atom. The molecule has 3 N–H and O–H groups in total. The van der Waals surface area contributed by atoms with Crippen LogP contribution in [0.5, 0.6) is 0 Å². The van der Waals surface area contributed by atoms with Gasteiger partial charge in [-0.05, 0) is 25.8 Å². The van der Waals surface area contributed by atoms with E-state index in [9.17, 15) is 0 Å². The Kier molecular flexibility index (Phi) is 5.49. The van der Waals surface area contributed by atoms with Crippen LogP contribution in [0.4, 0.5) is 0 Å². The third-order valence-corrected chi connectivity index (χ3v) is 3.45. The summed E-state index contributed by atoms with van der Waals surface area (Å²) >= 11 is 0. The van der Waals surface area contributed by atoms with Crippen molar-refractivity contribution in [3.05, 3.63) is 0 Å². The van der Waals surface area contributed by atoms with Gasteiger partial charge < -0.3 is 11.1 Å². The molecule has 0 aromatic rings. The lowest BCUT2D eigenvalue weighted by atomic mass is 9.84. The van der Waals surface area contributed by atoms with Gasteiger partial charge in [-0.2, -0.15) is 0 Å². The topological polar surface area (TPSA) is 38.0 Å². The second kappa shape index (κ2) is 6.41. The average Bonchev–Trinajstić information content (AvgIpc) is 2.18. The van der Waals surface area contributed by atoms with Gasteiger partial charge in [0.2, 0.25) is 0 Å². The summed E-state index contributed by atoms with van der Waals surface area (Å²) in [6, 6.07) is 0. The van der Waals surface area contributed by atoms with E-state index >= 15 is 0 Å². The van der Waals surface area contributed by atoms with E-state index in [0.717, 1.165) is 13.1 Å². The first-order valence-corrected chi connectivity index (χ1v) is 6.28. The van der Waals surface area contributed by atoms with Crippen molar-refractivity contribution in [1.29, 1.82) is 0 Å². The molecule has 0 aliphatic heterocycles. The van der Waals surface area contributed by atoms with E-state index in [0.29, 0.717) is 0 Å². The van der Waals surface area contributed by atoms with Gasteiger partial charge in [-0.3, -0.25) is 0 Å². The van der Waals surface area contributed by atoms with E-state index in [-0.39, 0.29) is 5.54 Å². The number of nitrogens with two attached hydrogens (primary N) is 1. The summed E-state index contributed by atoms with van der Waals surface area (Å²) in [4.78, 5) is 0. The van der Waals surface area contributed by atoms with Gasteiger partial charge in [-0.1, -0.05) is 39.0 Å². The van der Waals surface area contributed by atoms with E-state index in [4.69, 9.17) is 5.73 Å². The van der Waals surface area contributed by atoms with Crippen LogP contribution in [-0.2, 0) is 0 Å². The summed E-state index contributed by atoms with van der Waals surface area (Å²) in [6.07, 6.45) is 10.7. The fourth-order valence-corrected chi connectivity index (χ4v) is 2.43. The maximum atomic E-state index is 5.94. The second-order valence-electron chi connectivity index (χ2n) is 4.68. The number of hydrogen-bond donors (Lipinski definition) is 2. The highest BCUT2D eigenvalue weighted by atomic mass is 15.0. The van der Waals surface area contributed by atoms with Crippen molar-refractivity contribution in [2.45, 2.75) is 63.8 Å². The average molecular weight is 198 g/mol. The molecule has 0 atom stereocenters. The van der Waals surface area contributed by atoms with Crippen molar-refractivity contribution in [1.82, 2.24) is 5.32 Å². The summed E-state index contributed by atoms with van der Waals surface area (Å²) in [5.74, 6) is 0. The monoisotopic (exact) mass is 198 g/mol. The molecule has 0 spiro atoms. The minimum absolute atomic E-state index is 0.274. The SMILES string of the molecule is CCCNC1(CN)CCCCCCC1. The van der Waals surface area contributed by atoms with Crippen LogP contribution in [0.2, 0.25) is 0 Å². The van der Waals surface area contributed by atoms with Gasteiger partial charge >= 0.3 is 0 Å². The fraction of sp³-hybridized carbons (Fsp3) is 1.00. The Morgan fingerprint density at radius 1 is 1.07 bits per heavy atom. The van der Waals surface area contributed by atoms with Crippen molar-refractivity contribution in [3.63, 3.8) is 0 Å². The maximum absolute atomic E-state index is 5.94. The molecule has 2 heteroatoms. The maximum Gasteiger partial charge on any atom is 0.0304 e. The van der Waals surface area contributed by atoms with E-state index in [1.54, 1.807) is 0 Å². The van der Waals surface area contributed by atoms with Crippen LogP contribution in [0.3, 0.4) is 0 Å². The van der Waals surface area contributed by atoms with Gasteiger partial charge in [-0.15, -0.1) is 0 Å². The molecule has 1 aliphatic rings. The van der Waals surface area contributed by atoms with Crippen LogP contribution in [0.15, 0.2) is 0 Å². The molecule has 1 rings (SSSR count). The Balaban J connectivity index is 2.44. The van der Waals surface area contributed by atoms with E-state index in [1.807, 2.05) is 0 Å². The molecule has 0 saturated heterocycles. The van der Waals surface area contributed by atoms with Crippen LogP contribution in [0.1, 0.15) is 58.3 Å². The lowest BCUT2D eigenvalue weighted by Crippen LogP contribution is -2.51. The third kappa shape index (κ3) is 3.58. The molecule has 0 aromatic carbocycles. The van der Waals surface area contributed by atoms with Crippen LogP contribution in [0.25, 0.3) is 0 Å². The van der Waals surface area contributed by atoms with Crippen molar-refractivity contribution < 1.29 is 0 Å². The summed E-state index contributed by atoms with van der Waals surface area (Å²) in [6.45, 7) is 4.16. The molecule has 0 bridgehead atoms. The summed E-state index contributed by atoms with van der Waals surface area (Å²) in [5, 5.41) is 3.68. The summed E-state index contributed by atoms with van der Waals surface area (Å²) < 4.78 is 0. The molecule has 1 saturated carbocycles. The van der Waals surface area contributed by atoms with Gasteiger partial charge in [-0.25, -0.2) is 0 Å². The highest BCUT2D eigenvalue weighted by Crippen LogP contribution is 2.25. The van der Waals surface area contributed by atoms with Gasteiger partial charge in [0, 0.05) is 12.1 Å². The van der Waals surface area contributed by atoms with E-state index in [2.05, 4.69) is 12.2 Å². The molecule has 0 unspecified atom stereocenters. The fourth-order valence-electron chi connectivity index (χ4n) is 2.43. The van der Waals surface area contributed by atoms with Gasteiger partial charge in [0.1, 0.15) is 0 Å². The number of nitrogens with one attached hydrogen (secondary N) is 1. The Bertz CT molecular complexity index is 132. The zero-order valence-electron chi connectivity index (χ0n) is 9.65. The van der Waals surface area contributed by atoms with Crippen LogP contribution in [-0.4, -0.2) is 18.6 Å². The molecule has 0 amide bonds. The smallest absolute Gasteiger partial charge is 0.0304 e. The molecule has 0 heterocycles. The third-order valence-electron chi connectivity index (χ3n) is 3.45. The minimum Gasteiger partial charge on any atom is -0.329 e. The Labute approximate surface area is 88.6 Å². The standard InChI is InChI=1S/C12H26N2/c1-2-10-14-12(11-13)8-6-4-3-5-7-9-12/h14H,2-11,13H2,1H3. The highest BCUT2D eigenvalue weighted by molar-refractivity contribution is 4.89. The van der Waals surface area contributed by atoms with Crippen LogP contribution in [0, 0.1) is 0 Å². The number of rotatable bonds is 4. The predicted octanol–water partition coefficient (Wildman–Crippen LogP) is 2.43. The molecule has 84 valence electrons. The second-order valence-corrected chi connectivity index (χ2v) is 4.68. The van der Waals surface area contributed by atoms with Crippen LogP contribution < -0.4 is 11.1 Å². The largest absolute Gasteiger partial charge is 0.329 e. The lowest BCUT2D eigenvalue weighted by Gasteiger charge is -2.35. The first kappa shape index (κ1) is 12.0. The minimum atomic E-state index is 0.274. The van der Waals surface area contributed by atoms with Gasteiger partial charge in [0.25, 0.3) is 0 Å². The summed E-state index contributed by atoms with van der Waals surface area (Å²) in [5.41, 5.74) is 6.21. The molecule has 1 fully saturated rings. The first-order valence-electron chi connectivity index (χ1n) is 6.28. The van der Waals surface area contributed by atoms with Gasteiger partial charge in [0.15, 0.2) is 0 Å². The Hall–Kier alpha value is -0.0800. The van der Waals surface area contributed by atoms with Crippen molar-refractivity contribution in [3.8, 4) is 0 Å². The first-order chi connectivity index (χ1) is 6.83. The number of hydrogen-bond acceptors (Lipinski definition) is 2. The normalized spacial score (nSPS) is 22.7. The van der Waals surface area contributed by atoms with Crippen molar-refractivity contribution in [2.24, 2.45) is 5.73 Å². The zero-order chi connectivity index (χ0) is 10.3. The van der Waals surface area contributed by atoms with E-state index in [1.165, 1.54) is 51.4 Å². The lowest BCUT2D eigenvalue weighted by molar-refractivity contribution is 0.257. The Morgan fingerprint density at radius 3 is 2.14 bits per heavy atom. The van der Waals surface area contributed by atoms with Crippen molar-refractivity contribution in [2.75, 3.05) is 13.1 Å². The zero-order valence-corrected chi connectivity index (χ0v) is 9.65. The molecule has 14 heavy (non-hydrogen) atoms. The molecular weight excluding hydrogens is 172 g/mol. The molecule has 2 nitrogen and oxygen atoms in total.